The Balaban J connectivity index is 1.62. The first-order valence-electron chi connectivity index (χ1n) is 9.20. The van der Waals surface area contributed by atoms with Gasteiger partial charge in [-0.1, -0.05) is 0 Å². The van der Waals surface area contributed by atoms with Crippen LogP contribution in [0.4, 0.5) is 13.2 Å². The summed E-state index contributed by atoms with van der Waals surface area (Å²) in [4.78, 5) is 38.0. The molecular formula is C21H16F3N3O3. The molecule has 9 heteroatoms. The van der Waals surface area contributed by atoms with Crippen molar-refractivity contribution in [3.8, 4) is 11.3 Å². The zero-order chi connectivity index (χ0) is 21.4. The van der Waals surface area contributed by atoms with E-state index in [1.807, 2.05) is 0 Å². The number of aromatic nitrogens is 1. The van der Waals surface area contributed by atoms with E-state index in [0.29, 0.717) is 22.2 Å². The molecule has 1 aliphatic rings. The van der Waals surface area contributed by atoms with Crippen molar-refractivity contribution < 1.29 is 27.6 Å². The fourth-order valence-electron chi connectivity index (χ4n) is 3.60. The highest BCUT2D eigenvalue weighted by Crippen LogP contribution is 2.32. The molecule has 30 heavy (non-hydrogen) atoms. The second-order valence-corrected chi connectivity index (χ2v) is 7.01. The Morgan fingerprint density at radius 2 is 1.80 bits per heavy atom. The van der Waals surface area contributed by atoms with Crippen molar-refractivity contribution in [3.05, 3.63) is 59.4 Å². The van der Waals surface area contributed by atoms with Crippen molar-refractivity contribution in [3.63, 3.8) is 0 Å². The van der Waals surface area contributed by atoms with Gasteiger partial charge in [0.1, 0.15) is 23.4 Å². The lowest BCUT2D eigenvalue weighted by atomic mass is 10.0. The quantitative estimate of drug-likeness (QED) is 0.442. The predicted octanol–water partition coefficient (Wildman–Crippen LogP) is 2.57. The standard InChI is InChI=1S/C21H16F3N3O3/c22-11-3-1-10(2-4-11)18-13(14-7-12(23)8-16(24)19(14)27-18)5-6-25-20(29)15-9-17(28)26-21(15)30/h1-4,7-8,15,27H,5-6,9H2,(H,25,29)(H,26,28,30). The number of H-pyrrole nitrogens is 1. The van der Waals surface area contributed by atoms with Crippen LogP contribution in [0.2, 0.25) is 0 Å². The van der Waals surface area contributed by atoms with Crippen LogP contribution >= 0.6 is 0 Å². The van der Waals surface area contributed by atoms with Crippen LogP contribution < -0.4 is 10.6 Å². The number of rotatable bonds is 5. The number of aromatic amines is 1. The summed E-state index contributed by atoms with van der Waals surface area (Å²) >= 11 is 0. The smallest absolute Gasteiger partial charge is 0.239 e. The van der Waals surface area contributed by atoms with Crippen LogP contribution in [0, 0.1) is 23.4 Å². The van der Waals surface area contributed by atoms with Crippen LogP contribution in [0.25, 0.3) is 22.2 Å². The molecule has 2 heterocycles. The summed E-state index contributed by atoms with van der Waals surface area (Å²) in [6.45, 7) is 0.0656. The number of carbonyl (C=O) groups excluding carboxylic acids is 3. The molecule has 3 aromatic rings. The van der Waals surface area contributed by atoms with Crippen LogP contribution in [-0.4, -0.2) is 29.3 Å². The Morgan fingerprint density at radius 3 is 2.47 bits per heavy atom. The first-order chi connectivity index (χ1) is 14.3. The second kappa shape index (κ2) is 7.66. The van der Waals surface area contributed by atoms with E-state index >= 15 is 0 Å². The Kier molecular flexibility index (Phi) is 5.03. The van der Waals surface area contributed by atoms with Crippen LogP contribution in [0.3, 0.4) is 0 Å². The van der Waals surface area contributed by atoms with E-state index in [4.69, 9.17) is 0 Å². The molecule has 1 saturated heterocycles. The number of nitrogens with one attached hydrogen (secondary N) is 3. The van der Waals surface area contributed by atoms with Gasteiger partial charge in [0.15, 0.2) is 0 Å². The summed E-state index contributed by atoms with van der Waals surface area (Å²) in [5.74, 6) is -4.82. The van der Waals surface area contributed by atoms with E-state index in [0.717, 1.165) is 6.07 Å². The summed E-state index contributed by atoms with van der Waals surface area (Å²) < 4.78 is 41.4. The molecule has 0 radical (unpaired) electrons. The second-order valence-electron chi connectivity index (χ2n) is 7.01. The number of imide groups is 1. The highest BCUT2D eigenvalue weighted by Gasteiger charge is 2.36. The number of carbonyl (C=O) groups is 3. The number of benzene rings is 2. The van der Waals surface area contributed by atoms with Gasteiger partial charge in [-0.2, -0.15) is 0 Å². The van der Waals surface area contributed by atoms with E-state index in [9.17, 15) is 27.6 Å². The molecule has 1 aliphatic heterocycles. The monoisotopic (exact) mass is 415 g/mol. The Hall–Kier alpha value is -3.62. The predicted molar refractivity (Wildman–Crippen MR) is 102 cm³/mol. The maximum absolute atomic E-state index is 14.3. The lowest BCUT2D eigenvalue weighted by molar-refractivity contribution is -0.132. The van der Waals surface area contributed by atoms with Crippen LogP contribution in [0.5, 0.6) is 0 Å². The highest BCUT2D eigenvalue weighted by atomic mass is 19.1. The molecule has 3 amide bonds. The number of hydrogen-bond donors (Lipinski definition) is 3. The first-order valence-corrected chi connectivity index (χ1v) is 9.20. The molecule has 1 aromatic heterocycles. The summed E-state index contributed by atoms with van der Waals surface area (Å²) in [6, 6.07) is 7.45. The molecule has 3 N–H and O–H groups in total. The van der Waals surface area contributed by atoms with E-state index in [-0.39, 0.29) is 24.9 Å². The first kappa shape index (κ1) is 19.7. The van der Waals surface area contributed by atoms with E-state index in [2.05, 4.69) is 15.6 Å². The number of amides is 3. The third-order valence-corrected chi connectivity index (χ3v) is 5.02. The normalized spacial score (nSPS) is 16.2. The molecule has 1 fully saturated rings. The van der Waals surface area contributed by atoms with Crippen molar-refractivity contribution >= 4 is 28.6 Å². The average Bonchev–Trinajstić information content (AvgIpc) is 3.22. The summed E-state index contributed by atoms with van der Waals surface area (Å²) in [7, 11) is 0. The summed E-state index contributed by atoms with van der Waals surface area (Å²) in [6.07, 6.45) is -0.0291. The largest absolute Gasteiger partial charge is 0.355 e. The van der Waals surface area contributed by atoms with Gasteiger partial charge < -0.3 is 10.3 Å². The molecule has 1 atom stereocenters. The van der Waals surface area contributed by atoms with Gasteiger partial charge in [0, 0.05) is 30.1 Å². The van der Waals surface area contributed by atoms with Gasteiger partial charge in [0.05, 0.1) is 5.52 Å². The molecule has 4 rings (SSSR count). The molecule has 0 spiro atoms. The number of fused-ring (bicyclic) bond motifs is 1. The van der Waals surface area contributed by atoms with Gasteiger partial charge >= 0.3 is 0 Å². The average molecular weight is 415 g/mol. The number of halogens is 3. The third kappa shape index (κ3) is 3.66. The van der Waals surface area contributed by atoms with Crippen LogP contribution in [-0.2, 0) is 20.8 Å². The number of hydrogen-bond acceptors (Lipinski definition) is 3. The van der Waals surface area contributed by atoms with Gasteiger partial charge in [-0.05, 0) is 47.9 Å². The zero-order valence-corrected chi connectivity index (χ0v) is 15.5. The third-order valence-electron chi connectivity index (χ3n) is 5.02. The van der Waals surface area contributed by atoms with Crippen molar-refractivity contribution in [2.75, 3.05) is 6.54 Å². The van der Waals surface area contributed by atoms with E-state index in [1.165, 1.54) is 30.3 Å². The lowest BCUT2D eigenvalue weighted by Crippen LogP contribution is -2.36. The van der Waals surface area contributed by atoms with Gasteiger partial charge in [0.2, 0.25) is 17.7 Å². The topological polar surface area (TPSA) is 91.1 Å². The van der Waals surface area contributed by atoms with Crippen molar-refractivity contribution in [2.45, 2.75) is 12.8 Å². The molecule has 2 aromatic carbocycles. The summed E-state index contributed by atoms with van der Waals surface area (Å²) in [5, 5.41) is 4.95. The Morgan fingerprint density at radius 1 is 1.07 bits per heavy atom. The molecule has 1 unspecified atom stereocenters. The highest BCUT2D eigenvalue weighted by molar-refractivity contribution is 6.13. The Labute approximate surface area is 168 Å². The van der Waals surface area contributed by atoms with Gasteiger partial charge in [-0.25, -0.2) is 13.2 Å². The fourth-order valence-corrected chi connectivity index (χ4v) is 3.60. The molecule has 0 bridgehead atoms. The van der Waals surface area contributed by atoms with Crippen molar-refractivity contribution in [1.29, 1.82) is 0 Å². The van der Waals surface area contributed by atoms with E-state index < -0.39 is 41.1 Å². The minimum atomic E-state index is -1.09. The van der Waals surface area contributed by atoms with Crippen molar-refractivity contribution in [2.24, 2.45) is 5.92 Å². The minimum Gasteiger partial charge on any atom is -0.355 e. The SMILES string of the molecule is O=C1CC(C(=O)NCCc2c(-c3ccc(F)cc3)[nH]c3c(F)cc(F)cc23)C(=O)N1. The summed E-state index contributed by atoms with van der Waals surface area (Å²) in [5.41, 5.74) is 1.66. The van der Waals surface area contributed by atoms with Crippen LogP contribution in [0.1, 0.15) is 12.0 Å². The fraction of sp³-hybridized carbons (Fsp3) is 0.190. The van der Waals surface area contributed by atoms with E-state index in [1.54, 1.807) is 0 Å². The van der Waals surface area contributed by atoms with Gasteiger partial charge in [-0.15, -0.1) is 0 Å². The molecular weight excluding hydrogens is 399 g/mol. The van der Waals surface area contributed by atoms with Gasteiger partial charge in [-0.3, -0.25) is 19.7 Å². The maximum atomic E-state index is 14.3. The molecule has 6 nitrogen and oxygen atoms in total. The van der Waals surface area contributed by atoms with Crippen molar-refractivity contribution in [1.82, 2.24) is 15.6 Å². The molecule has 0 aliphatic carbocycles. The van der Waals surface area contributed by atoms with Gasteiger partial charge in [0.25, 0.3) is 0 Å². The minimum absolute atomic E-state index is 0.0656. The van der Waals surface area contributed by atoms with Crippen LogP contribution in [0.15, 0.2) is 36.4 Å². The molecule has 154 valence electrons. The Bertz CT molecular complexity index is 1170. The molecule has 0 saturated carbocycles. The maximum Gasteiger partial charge on any atom is 0.239 e. The lowest BCUT2D eigenvalue weighted by Gasteiger charge is -2.09. The zero-order valence-electron chi connectivity index (χ0n) is 15.5.